The molecule has 1 aromatic heterocycles. The number of rotatable bonds is 6. The average Bonchev–Trinajstić information content (AvgIpc) is 3.43. The van der Waals surface area contributed by atoms with Crippen molar-refractivity contribution in [2.75, 3.05) is 18.7 Å². The highest BCUT2D eigenvalue weighted by Gasteiger charge is 2.26. The van der Waals surface area contributed by atoms with Crippen LogP contribution in [0, 0.1) is 0 Å². The van der Waals surface area contributed by atoms with Gasteiger partial charge in [0.05, 0.1) is 21.7 Å². The van der Waals surface area contributed by atoms with Crippen molar-refractivity contribution in [1.29, 1.82) is 0 Å². The minimum absolute atomic E-state index is 0.0804. The predicted molar refractivity (Wildman–Crippen MR) is 152 cm³/mol. The maximum atomic E-state index is 13.5. The Morgan fingerprint density at radius 2 is 1.78 bits per heavy atom. The summed E-state index contributed by atoms with van der Waals surface area (Å²) in [4.78, 5) is 30.9. The van der Waals surface area contributed by atoms with Gasteiger partial charge in [-0.1, -0.05) is 24.3 Å². The summed E-state index contributed by atoms with van der Waals surface area (Å²) in [5.74, 6) is 0.195. The van der Waals surface area contributed by atoms with E-state index >= 15 is 0 Å². The number of hydrogen-bond donors (Lipinski definition) is 2. The largest absolute Gasteiger partial charge is 0.454 e. The molecule has 0 saturated carbocycles. The van der Waals surface area contributed by atoms with Gasteiger partial charge in [-0.2, -0.15) is 0 Å². The number of sulfonamides is 1. The van der Waals surface area contributed by atoms with Crippen LogP contribution >= 0.6 is 0 Å². The number of nitrogens with one attached hydrogen (secondary N) is 1. The van der Waals surface area contributed by atoms with E-state index in [4.69, 9.17) is 24.3 Å². The van der Waals surface area contributed by atoms with Crippen LogP contribution in [-0.4, -0.2) is 38.7 Å². The standard InChI is InChI=1S/C30H25N3O7S/c31-41(36,37)21-11-9-20(10-12-21)32-27(34)16-38-30(35)28-22-5-1-2-7-24(22)33-29-19(4-3-6-23(28)29)14-18-8-13-25-26(15-18)40-17-39-25/h1-2,5,7-15H,3-4,6,16-17H2,(H,32,34)(H2,31,36,37)/b19-14-. The van der Waals surface area contributed by atoms with Gasteiger partial charge < -0.3 is 19.5 Å². The van der Waals surface area contributed by atoms with Crippen molar-refractivity contribution in [2.45, 2.75) is 24.2 Å². The fourth-order valence-electron chi connectivity index (χ4n) is 5.04. The summed E-state index contributed by atoms with van der Waals surface area (Å²) in [5.41, 5.74) is 4.83. The van der Waals surface area contributed by atoms with Gasteiger partial charge in [0.25, 0.3) is 5.91 Å². The van der Waals surface area contributed by atoms with Gasteiger partial charge in [-0.25, -0.2) is 23.3 Å². The van der Waals surface area contributed by atoms with Crippen LogP contribution in [-0.2, 0) is 26.0 Å². The van der Waals surface area contributed by atoms with Crippen molar-refractivity contribution >= 4 is 50.1 Å². The zero-order chi connectivity index (χ0) is 28.6. The van der Waals surface area contributed by atoms with Gasteiger partial charge >= 0.3 is 5.97 Å². The average molecular weight is 572 g/mol. The van der Waals surface area contributed by atoms with Crippen LogP contribution in [0.2, 0.25) is 0 Å². The Morgan fingerprint density at radius 1 is 1.00 bits per heavy atom. The van der Waals surface area contributed by atoms with Crippen LogP contribution in [0.15, 0.2) is 71.6 Å². The molecule has 10 nitrogen and oxygen atoms in total. The third-order valence-corrected chi connectivity index (χ3v) is 7.84. The molecule has 3 aromatic carbocycles. The second-order valence-electron chi connectivity index (χ2n) is 9.66. The highest BCUT2D eigenvalue weighted by molar-refractivity contribution is 7.89. The number of nitrogens with zero attached hydrogens (tertiary/aromatic N) is 1. The first-order chi connectivity index (χ1) is 19.8. The number of primary sulfonamides is 1. The van der Waals surface area contributed by atoms with Crippen LogP contribution < -0.4 is 19.9 Å². The summed E-state index contributed by atoms with van der Waals surface area (Å²) in [6.45, 7) is -0.332. The Morgan fingerprint density at radius 3 is 2.59 bits per heavy atom. The van der Waals surface area contributed by atoms with E-state index in [2.05, 4.69) is 5.32 Å². The SMILES string of the molecule is NS(=O)(=O)c1ccc(NC(=O)COC(=O)c2c3c(nc4ccccc24)/C(=C\c2ccc4c(c2)OCO4)CCC3)cc1. The van der Waals surface area contributed by atoms with E-state index in [-0.39, 0.29) is 11.7 Å². The van der Waals surface area contributed by atoms with E-state index in [9.17, 15) is 18.0 Å². The zero-order valence-electron chi connectivity index (χ0n) is 21.8. The molecule has 11 heteroatoms. The normalized spacial score (nSPS) is 15.0. The maximum Gasteiger partial charge on any atom is 0.339 e. The van der Waals surface area contributed by atoms with Crippen molar-refractivity contribution in [3.8, 4) is 11.5 Å². The molecular formula is C30H25N3O7S. The van der Waals surface area contributed by atoms with Gasteiger partial charge in [0.1, 0.15) is 0 Å². The van der Waals surface area contributed by atoms with Gasteiger partial charge in [0.2, 0.25) is 16.8 Å². The highest BCUT2D eigenvalue weighted by Crippen LogP contribution is 2.38. The van der Waals surface area contributed by atoms with Crippen molar-refractivity contribution < 1.29 is 32.2 Å². The molecule has 0 atom stereocenters. The number of carbonyl (C=O) groups excluding carboxylic acids is 2. The molecule has 0 spiro atoms. The molecule has 0 saturated heterocycles. The third kappa shape index (κ3) is 5.49. The number of amides is 1. The fourth-order valence-corrected chi connectivity index (χ4v) is 5.56. The molecule has 0 unspecified atom stereocenters. The number of nitrogens with two attached hydrogens (primary N) is 1. The van der Waals surface area contributed by atoms with Crippen LogP contribution in [0.3, 0.4) is 0 Å². The molecule has 4 aromatic rings. The quantitative estimate of drug-likeness (QED) is 0.326. The fraction of sp³-hybridized carbons (Fsp3) is 0.167. The highest BCUT2D eigenvalue weighted by atomic mass is 32.2. The summed E-state index contributed by atoms with van der Waals surface area (Å²) >= 11 is 0. The predicted octanol–water partition coefficient (Wildman–Crippen LogP) is 4.28. The van der Waals surface area contributed by atoms with Crippen molar-refractivity contribution in [3.63, 3.8) is 0 Å². The number of benzene rings is 3. The van der Waals surface area contributed by atoms with Crippen molar-refractivity contribution in [2.24, 2.45) is 5.14 Å². The number of ether oxygens (including phenoxy) is 3. The van der Waals surface area contributed by atoms with Gasteiger partial charge in [-0.3, -0.25) is 4.79 Å². The van der Waals surface area contributed by atoms with Gasteiger partial charge in [-0.15, -0.1) is 0 Å². The molecule has 0 radical (unpaired) electrons. The number of aromatic nitrogens is 1. The Hall–Kier alpha value is -4.74. The van der Waals surface area contributed by atoms with Gasteiger partial charge in [0, 0.05) is 11.1 Å². The second-order valence-corrected chi connectivity index (χ2v) is 11.2. The lowest BCUT2D eigenvalue weighted by atomic mass is 9.86. The summed E-state index contributed by atoms with van der Waals surface area (Å²) in [7, 11) is -3.85. The molecular weight excluding hydrogens is 546 g/mol. The van der Waals surface area contributed by atoms with E-state index in [1.807, 2.05) is 48.5 Å². The molecule has 0 fully saturated rings. The third-order valence-electron chi connectivity index (χ3n) is 6.91. The van der Waals surface area contributed by atoms with Crippen LogP contribution in [0.25, 0.3) is 22.6 Å². The molecule has 41 heavy (non-hydrogen) atoms. The number of para-hydroxylation sites is 1. The van der Waals surface area contributed by atoms with Gasteiger partial charge in [-0.05, 0) is 84.5 Å². The van der Waals surface area contributed by atoms with Crippen LogP contribution in [0.5, 0.6) is 11.5 Å². The van der Waals surface area contributed by atoms with Crippen LogP contribution in [0.1, 0.15) is 40.0 Å². The molecule has 1 aliphatic heterocycles. The molecule has 6 rings (SSSR count). The lowest BCUT2D eigenvalue weighted by Crippen LogP contribution is -2.22. The number of esters is 1. The molecule has 1 amide bonds. The van der Waals surface area contributed by atoms with Crippen molar-refractivity contribution in [3.05, 3.63) is 89.1 Å². The lowest BCUT2D eigenvalue weighted by Gasteiger charge is -2.22. The lowest BCUT2D eigenvalue weighted by molar-refractivity contribution is -0.119. The summed E-state index contributed by atoms with van der Waals surface area (Å²) in [5, 5.41) is 8.35. The molecule has 3 N–H and O–H groups in total. The zero-order valence-corrected chi connectivity index (χ0v) is 22.6. The number of pyridine rings is 1. The van der Waals surface area contributed by atoms with Crippen molar-refractivity contribution in [1.82, 2.24) is 4.98 Å². The topological polar surface area (TPSA) is 147 Å². The number of allylic oxidation sites excluding steroid dienone is 1. The monoisotopic (exact) mass is 571 g/mol. The molecule has 0 bridgehead atoms. The minimum atomic E-state index is -3.85. The van der Waals surface area contributed by atoms with E-state index < -0.39 is 28.5 Å². The van der Waals surface area contributed by atoms with Gasteiger partial charge in [0.15, 0.2) is 18.1 Å². The van der Waals surface area contributed by atoms with E-state index in [1.54, 1.807) is 0 Å². The Balaban J connectivity index is 1.26. The summed E-state index contributed by atoms with van der Waals surface area (Å²) in [6.07, 6.45) is 4.29. The molecule has 2 heterocycles. The first-order valence-electron chi connectivity index (χ1n) is 12.9. The molecule has 1 aliphatic carbocycles. The first kappa shape index (κ1) is 26.5. The summed E-state index contributed by atoms with van der Waals surface area (Å²) < 4.78 is 39.3. The minimum Gasteiger partial charge on any atom is -0.454 e. The Kier molecular flexibility index (Phi) is 6.90. The van der Waals surface area contributed by atoms with E-state index in [0.29, 0.717) is 40.1 Å². The molecule has 208 valence electrons. The number of hydrogen-bond acceptors (Lipinski definition) is 8. The first-order valence-corrected chi connectivity index (χ1v) is 14.4. The summed E-state index contributed by atoms with van der Waals surface area (Å²) in [6, 6.07) is 18.5. The smallest absolute Gasteiger partial charge is 0.339 e. The van der Waals surface area contributed by atoms with Crippen LogP contribution in [0.4, 0.5) is 5.69 Å². The van der Waals surface area contributed by atoms with E-state index in [0.717, 1.165) is 35.2 Å². The number of carbonyl (C=O) groups is 2. The van der Waals surface area contributed by atoms with E-state index in [1.165, 1.54) is 24.3 Å². The Labute approximate surface area is 235 Å². The second kappa shape index (κ2) is 10.7. The number of anilines is 1. The number of fused-ring (bicyclic) bond motifs is 3. The maximum absolute atomic E-state index is 13.5. The molecule has 2 aliphatic rings. The Bertz CT molecular complexity index is 1830.